The molecule has 3 rings (SSSR count). The second-order valence-electron chi connectivity index (χ2n) is 5.34. The maximum absolute atomic E-state index is 12.9. The summed E-state index contributed by atoms with van der Waals surface area (Å²) < 4.78 is 12.9. The van der Waals surface area contributed by atoms with Gasteiger partial charge in [-0.15, -0.1) is 0 Å². The van der Waals surface area contributed by atoms with Crippen LogP contribution in [0.1, 0.15) is 17.5 Å². The molecule has 3 N–H and O–H groups in total. The van der Waals surface area contributed by atoms with E-state index < -0.39 is 17.8 Å². The molecule has 0 saturated carbocycles. The normalized spacial score (nSPS) is 11.9. The highest BCUT2D eigenvalue weighted by Crippen LogP contribution is 2.14. The summed E-state index contributed by atoms with van der Waals surface area (Å²) in [6.45, 7) is 0.277. The molecule has 2 aromatic heterocycles. The van der Waals surface area contributed by atoms with E-state index in [9.17, 15) is 14.3 Å². The molecule has 2 heterocycles. The third kappa shape index (κ3) is 4.24. The van der Waals surface area contributed by atoms with E-state index in [2.05, 4.69) is 25.5 Å². The zero-order chi connectivity index (χ0) is 17.6. The van der Waals surface area contributed by atoms with Crippen LogP contribution in [0.25, 0.3) is 11.4 Å². The van der Waals surface area contributed by atoms with Crippen LogP contribution >= 0.6 is 0 Å². The van der Waals surface area contributed by atoms with Crippen LogP contribution in [0.3, 0.4) is 0 Å². The van der Waals surface area contributed by atoms with Crippen molar-refractivity contribution in [3.63, 3.8) is 0 Å². The first kappa shape index (κ1) is 16.7. The van der Waals surface area contributed by atoms with E-state index in [0.717, 1.165) is 5.56 Å². The number of aliphatic hydroxyl groups excluding tert-OH is 1. The molecule has 7 nitrogen and oxygen atoms in total. The number of carbonyl (C=O) groups is 1. The summed E-state index contributed by atoms with van der Waals surface area (Å²) in [4.78, 5) is 20.3. The Labute approximate surface area is 143 Å². The van der Waals surface area contributed by atoms with Crippen molar-refractivity contribution in [2.75, 3.05) is 6.54 Å². The Morgan fingerprint density at radius 3 is 2.80 bits per heavy atom. The van der Waals surface area contributed by atoms with Crippen molar-refractivity contribution in [2.24, 2.45) is 0 Å². The third-order valence-corrected chi connectivity index (χ3v) is 3.55. The number of hydrogen-bond acceptors (Lipinski definition) is 5. The van der Waals surface area contributed by atoms with Gasteiger partial charge in [-0.1, -0.05) is 12.1 Å². The number of aromatic nitrogens is 4. The highest BCUT2D eigenvalue weighted by Gasteiger charge is 2.17. The highest BCUT2D eigenvalue weighted by atomic mass is 19.1. The maximum atomic E-state index is 12.9. The van der Waals surface area contributed by atoms with Crippen molar-refractivity contribution in [3.05, 3.63) is 66.0 Å². The van der Waals surface area contributed by atoms with Gasteiger partial charge in [0.15, 0.2) is 11.9 Å². The molecule has 0 saturated heterocycles. The highest BCUT2D eigenvalue weighted by molar-refractivity contribution is 5.81. The van der Waals surface area contributed by atoms with Crippen molar-refractivity contribution < 1.29 is 14.3 Å². The van der Waals surface area contributed by atoms with Crippen LogP contribution < -0.4 is 5.32 Å². The van der Waals surface area contributed by atoms with E-state index in [-0.39, 0.29) is 6.54 Å². The van der Waals surface area contributed by atoms with E-state index in [1.165, 1.54) is 24.3 Å². The van der Waals surface area contributed by atoms with Crippen molar-refractivity contribution in [3.8, 4) is 11.4 Å². The Balaban J connectivity index is 1.52. The second kappa shape index (κ2) is 7.63. The zero-order valence-electron chi connectivity index (χ0n) is 13.2. The molecule has 3 aromatic rings. The van der Waals surface area contributed by atoms with Gasteiger partial charge < -0.3 is 10.4 Å². The lowest BCUT2D eigenvalue weighted by Gasteiger charge is -2.11. The van der Waals surface area contributed by atoms with Crippen molar-refractivity contribution in [2.45, 2.75) is 12.5 Å². The number of nitrogens with one attached hydrogen (secondary N) is 2. The fraction of sp³-hybridized carbons (Fsp3) is 0.176. The minimum absolute atomic E-state index is 0.277. The number of pyridine rings is 1. The summed E-state index contributed by atoms with van der Waals surface area (Å²) in [6, 6.07) is 8.77. The molecule has 8 heteroatoms. The number of halogens is 1. The summed E-state index contributed by atoms with van der Waals surface area (Å²) in [7, 11) is 0. The lowest BCUT2D eigenvalue weighted by molar-refractivity contribution is -0.129. The number of amides is 1. The molecule has 0 bridgehead atoms. The molecular weight excluding hydrogens is 325 g/mol. The van der Waals surface area contributed by atoms with E-state index in [4.69, 9.17) is 0 Å². The van der Waals surface area contributed by atoms with Crippen LogP contribution in [0.15, 0.2) is 48.8 Å². The van der Waals surface area contributed by atoms with E-state index in [0.29, 0.717) is 23.6 Å². The lowest BCUT2D eigenvalue weighted by atomic mass is 10.1. The van der Waals surface area contributed by atoms with Gasteiger partial charge in [0.2, 0.25) is 0 Å². The summed E-state index contributed by atoms with van der Waals surface area (Å²) >= 11 is 0. The summed E-state index contributed by atoms with van der Waals surface area (Å²) in [6.07, 6.45) is 2.41. The number of hydrogen-bond donors (Lipinski definition) is 3. The summed E-state index contributed by atoms with van der Waals surface area (Å²) in [5.41, 5.74) is 1.12. The Bertz CT molecular complexity index is 836. The second-order valence-corrected chi connectivity index (χ2v) is 5.34. The molecule has 0 aliphatic carbocycles. The molecule has 128 valence electrons. The number of H-pyrrole nitrogens is 1. The van der Waals surface area contributed by atoms with Crippen molar-refractivity contribution in [1.29, 1.82) is 0 Å². The SMILES string of the molecule is O=C(NCCc1nc(-c2cccnc2)n[nH]1)[C@H](O)c1ccc(F)cc1. The lowest BCUT2D eigenvalue weighted by Crippen LogP contribution is -2.31. The molecule has 0 fully saturated rings. The van der Waals surface area contributed by atoms with Gasteiger partial charge in [-0.25, -0.2) is 9.37 Å². The third-order valence-electron chi connectivity index (χ3n) is 3.55. The molecule has 0 unspecified atom stereocenters. The number of aliphatic hydroxyl groups is 1. The molecule has 0 spiro atoms. The van der Waals surface area contributed by atoms with Gasteiger partial charge in [-0.3, -0.25) is 14.9 Å². The number of benzene rings is 1. The van der Waals surface area contributed by atoms with Gasteiger partial charge in [-0.2, -0.15) is 5.10 Å². The smallest absolute Gasteiger partial charge is 0.253 e. The standard InChI is InChI=1S/C17H16FN5O2/c18-13-5-3-11(4-6-13)15(24)17(25)20-9-7-14-21-16(23-22-14)12-2-1-8-19-10-12/h1-6,8,10,15,24H,7,9H2,(H,20,25)(H,21,22,23)/t15-/m1/s1. The van der Waals surface area contributed by atoms with Crippen LogP contribution in [0.5, 0.6) is 0 Å². The van der Waals surface area contributed by atoms with Gasteiger partial charge in [-0.05, 0) is 29.8 Å². The zero-order valence-corrected chi connectivity index (χ0v) is 13.2. The molecule has 1 aromatic carbocycles. The largest absolute Gasteiger partial charge is 0.378 e. The molecule has 25 heavy (non-hydrogen) atoms. The molecule has 0 aliphatic heterocycles. The fourth-order valence-electron chi connectivity index (χ4n) is 2.23. The molecule has 0 radical (unpaired) electrons. The average Bonchev–Trinajstić information content (AvgIpc) is 3.11. The average molecular weight is 341 g/mol. The van der Waals surface area contributed by atoms with Crippen LogP contribution in [-0.2, 0) is 11.2 Å². The predicted molar refractivity (Wildman–Crippen MR) is 87.7 cm³/mol. The molecule has 1 atom stereocenters. The topological polar surface area (TPSA) is 104 Å². The summed E-state index contributed by atoms with van der Waals surface area (Å²) in [5, 5.41) is 19.5. The van der Waals surface area contributed by atoms with Crippen LogP contribution in [0, 0.1) is 5.82 Å². The van der Waals surface area contributed by atoms with Crippen molar-refractivity contribution in [1.82, 2.24) is 25.5 Å². The number of nitrogens with zero attached hydrogens (tertiary/aromatic N) is 3. The van der Waals surface area contributed by atoms with Gasteiger partial charge in [0.25, 0.3) is 5.91 Å². The van der Waals surface area contributed by atoms with Crippen LogP contribution in [0.4, 0.5) is 4.39 Å². The number of carbonyl (C=O) groups excluding carboxylic acids is 1. The first-order valence-corrected chi connectivity index (χ1v) is 7.66. The summed E-state index contributed by atoms with van der Waals surface area (Å²) in [5.74, 6) is 0.154. The first-order chi connectivity index (χ1) is 12.1. The van der Waals surface area contributed by atoms with Crippen LogP contribution in [-0.4, -0.2) is 37.7 Å². The van der Waals surface area contributed by atoms with Crippen LogP contribution in [0.2, 0.25) is 0 Å². The van der Waals surface area contributed by atoms with Gasteiger partial charge >= 0.3 is 0 Å². The molecular formula is C17H16FN5O2. The first-order valence-electron chi connectivity index (χ1n) is 7.66. The molecule has 0 aliphatic rings. The quantitative estimate of drug-likeness (QED) is 0.629. The Morgan fingerprint density at radius 2 is 2.08 bits per heavy atom. The Morgan fingerprint density at radius 1 is 1.28 bits per heavy atom. The van der Waals surface area contributed by atoms with Crippen molar-refractivity contribution >= 4 is 5.91 Å². The van der Waals surface area contributed by atoms with E-state index >= 15 is 0 Å². The monoisotopic (exact) mass is 341 g/mol. The maximum Gasteiger partial charge on any atom is 0.253 e. The number of aromatic amines is 1. The number of rotatable bonds is 6. The predicted octanol–water partition coefficient (Wildman–Crippen LogP) is 1.40. The van der Waals surface area contributed by atoms with E-state index in [1.54, 1.807) is 18.5 Å². The van der Waals surface area contributed by atoms with Gasteiger partial charge in [0.1, 0.15) is 11.6 Å². The Kier molecular flexibility index (Phi) is 5.10. The fourth-order valence-corrected chi connectivity index (χ4v) is 2.23. The Hall–Kier alpha value is -3.13. The van der Waals surface area contributed by atoms with Gasteiger partial charge in [0, 0.05) is 30.9 Å². The van der Waals surface area contributed by atoms with E-state index in [1.807, 2.05) is 6.07 Å². The molecule has 1 amide bonds. The minimum atomic E-state index is -1.35. The van der Waals surface area contributed by atoms with Gasteiger partial charge in [0.05, 0.1) is 0 Å². The minimum Gasteiger partial charge on any atom is -0.378 e.